The normalized spacial score (nSPS) is 20.0. The number of anilines is 1. The summed E-state index contributed by atoms with van der Waals surface area (Å²) in [6.07, 6.45) is 6.77. The molecule has 0 aliphatic heterocycles. The molecule has 0 aromatic carbocycles. The van der Waals surface area contributed by atoms with Crippen molar-refractivity contribution in [2.45, 2.75) is 38.6 Å². The van der Waals surface area contributed by atoms with Crippen molar-refractivity contribution in [3.05, 3.63) is 18.1 Å². The molecule has 2 atom stereocenters. The number of amides is 3. The number of carbonyl (C=O) groups excluding carboxylic acids is 3. The van der Waals surface area contributed by atoms with E-state index in [1.54, 1.807) is 0 Å². The summed E-state index contributed by atoms with van der Waals surface area (Å²) >= 11 is 0. The zero-order chi connectivity index (χ0) is 17.5. The fraction of sp³-hybridized carbons (Fsp3) is 0.533. The first-order valence-electron chi connectivity index (χ1n) is 7.81. The molecule has 3 amide bonds. The second kappa shape index (κ2) is 8.23. The van der Waals surface area contributed by atoms with Crippen LogP contribution in [0.3, 0.4) is 0 Å². The number of imide groups is 1. The van der Waals surface area contributed by atoms with E-state index in [-0.39, 0.29) is 17.6 Å². The highest BCUT2D eigenvalue weighted by Gasteiger charge is 2.23. The Morgan fingerprint density at radius 1 is 1.25 bits per heavy atom. The van der Waals surface area contributed by atoms with E-state index in [4.69, 9.17) is 10.5 Å². The van der Waals surface area contributed by atoms with Gasteiger partial charge in [0.1, 0.15) is 0 Å². The minimum atomic E-state index is -0.878. The van der Waals surface area contributed by atoms with Crippen LogP contribution in [0.4, 0.5) is 10.6 Å². The summed E-state index contributed by atoms with van der Waals surface area (Å²) in [6.45, 7) is 1.46. The SMILES string of the molecule is CC1CCCCC1NC(=O)NC(=O)COC(=O)c1nccnc1N. The van der Waals surface area contributed by atoms with Crippen LogP contribution in [0.2, 0.25) is 0 Å². The van der Waals surface area contributed by atoms with Crippen LogP contribution < -0.4 is 16.4 Å². The molecule has 1 saturated carbocycles. The fourth-order valence-corrected chi connectivity index (χ4v) is 2.60. The number of nitrogens with one attached hydrogen (secondary N) is 2. The van der Waals surface area contributed by atoms with Gasteiger partial charge in [-0.1, -0.05) is 19.8 Å². The maximum atomic E-state index is 11.8. The Bertz CT molecular complexity index is 622. The highest BCUT2D eigenvalue weighted by atomic mass is 16.5. The maximum absolute atomic E-state index is 11.8. The van der Waals surface area contributed by atoms with Crippen molar-refractivity contribution in [3.63, 3.8) is 0 Å². The molecule has 0 bridgehead atoms. The molecule has 0 spiro atoms. The van der Waals surface area contributed by atoms with E-state index in [9.17, 15) is 14.4 Å². The predicted molar refractivity (Wildman–Crippen MR) is 84.8 cm³/mol. The Morgan fingerprint density at radius 3 is 2.67 bits per heavy atom. The van der Waals surface area contributed by atoms with Crippen molar-refractivity contribution < 1.29 is 19.1 Å². The molecule has 1 heterocycles. The monoisotopic (exact) mass is 335 g/mol. The van der Waals surface area contributed by atoms with Gasteiger partial charge in [0.05, 0.1) is 0 Å². The largest absolute Gasteiger partial charge is 0.451 e. The van der Waals surface area contributed by atoms with E-state index in [0.717, 1.165) is 25.7 Å². The number of carbonyl (C=O) groups is 3. The summed E-state index contributed by atoms with van der Waals surface area (Å²) in [4.78, 5) is 42.6. The molecule has 2 rings (SSSR count). The van der Waals surface area contributed by atoms with Gasteiger partial charge >= 0.3 is 12.0 Å². The standard InChI is InChI=1S/C15H21N5O4/c1-9-4-2-3-5-10(9)19-15(23)20-11(21)8-24-14(22)12-13(16)18-7-6-17-12/h6-7,9-10H,2-5,8H2,1H3,(H2,16,18)(H2,19,20,21,23). The first kappa shape index (κ1) is 17.6. The number of rotatable bonds is 4. The molecule has 1 aromatic heterocycles. The molecule has 1 aromatic rings. The average molecular weight is 335 g/mol. The van der Waals surface area contributed by atoms with Crippen LogP contribution in [0.15, 0.2) is 12.4 Å². The van der Waals surface area contributed by atoms with Crippen molar-refractivity contribution in [2.24, 2.45) is 5.92 Å². The third-order valence-electron chi connectivity index (χ3n) is 3.94. The highest BCUT2D eigenvalue weighted by molar-refractivity contribution is 5.97. The van der Waals surface area contributed by atoms with Crippen LogP contribution in [0.25, 0.3) is 0 Å². The Balaban J connectivity index is 1.75. The van der Waals surface area contributed by atoms with Crippen LogP contribution in [0.5, 0.6) is 0 Å². The first-order valence-corrected chi connectivity index (χ1v) is 7.81. The molecule has 0 radical (unpaired) electrons. The second-order valence-electron chi connectivity index (χ2n) is 5.76. The Kier molecular flexibility index (Phi) is 6.05. The number of hydrogen-bond acceptors (Lipinski definition) is 7. The van der Waals surface area contributed by atoms with Gasteiger partial charge in [-0.2, -0.15) is 0 Å². The molecule has 1 aliphatic rings. The Hall–Kier alpha value is -2.71. The lowest BCUT2D eigenvalue weighted by atomic mass is 9.86. The van der Waals surface area contributed by atoms with Crippen molar-refractivity contribution in [2.75, 3.05) is 12.3 Å². The third-order valence-corrected chi connectivity index (χ3v) is 3.94. The van der Waals surface area contributed by atoms with Crippen LogP contribution in [-0.2, 0) is 9.53 Å². The number of esters is 1. The smallest absolute Gasteiger partial charge is 0.361 e. The van der Waals surface area contributed by atoms with E-state index in [1.165, 1.54) is 12.4 Å². The number of hydrogen-bond donors (Lipinski definition) is 3. The first-order chi connectivity index (χ1) is 11.5. The topological polar surface area (TPSA) is 136 Å². The zero-order valence-electron chi connectivity index (χ0n) is 13.4. The summed E-state index contributed by atoms with van der Waals surface area (Å²) in [7, 11) is 0. The van der Waals surface area contributed by atoms with Gasteiger partial charge in [-0.25, -0.2) is 19.6 Å². The van der Waals surface area contributed by atoms with Crippen molar-refractivity contribution in [1.29, 1.82) is 0 Å². The maximum Gasteiger partial charge on any atom is 0.361 e. The summed E-state index contributed by atoms with van der Waals surface area (Å²) in [5.41, 5.74) is 5.31. The van der Waals surface area contributed by atoms with Gasteiger partial charge in [0.25, 0.3) is 5.91 Å². The number of aromatic nitrogens is 2. The Morgan fingerprint density at radius 2 is 1.96 bits per heavy atom. The van der Waals surface area contributed by atoms with Crippen molar-refractivity contribution in [3.8, 4) is 0 Å². The fourth-order valence-electron chi connectivity index (χ4n) is 2.60. The van der Waals surface area contributed by atoms with Gasteiger partial charge in [0, 0.05) is 18.4 Å². The molecule has 1 fully saturated rings. The minimum absolute atomic E-state index is 0.0495. The van der Waals surface area contributed by atoms with E-state index < -0.39 is 24.5 Å². The van der Waals surface area contributed by atoms with Crippen LogP contribution >= 0.6 is 0 Å². The molecule has 4 N–H and O–H groups in total. The van der Waals surface area contributed by atoms with Crippen molar-refractivity contribution >= 4 is 23.7 Å². The highest BCUT2D eigenvalue weighted by Crippen LogP contribution is 2.23. The molecule has 9 heteroatoms. The van der Waals surface area contributed by atoms with E-state index in [1.807, 2.05) is 0 Å². The van der Waals surface area contributed by atoms with E-state index >= 15 is 0 Å². The quantitative estimate of drug-likeness (QED) is 0.686. The molecule has 9 nitrogen and oxygen atoms in total. The summed E-state index contributed by atoms with van der Waals surface area (Å²) in [6, 6.07) is -0.540. The number of nitrogens with zero attached hydrogens (tertiary/aromatic N) is 2. The van der Waals surface area contributed by atoms with Gasteiger partial charge < -0.3 is 15.8 Å². The molecular formula is C15H21N5O4. The lowest BCUT2D eigenvalue weighted by molar-refractivity contribution is -0.123. The molecular weight excluding hydrogens is 314 g/mol. The lowest BCUT2D eigenvalue weighted by Gasteiger charge is -2.29. The van der Waals surface area contributed by atoms with Gasteiger partial charge in [-0.05, 0) is 18.8 Å². The van der Waals surface area contributed by atoms with Gasteiger partial charge in [0.15, 0.2) is 18.1 Å². The minimum Gasteiger partial charge on any atom is -0.451 e. The van der Waals surface area contributed by atoms with Gasteiger partial charge in [-0.3, -0.25) is 10.1 Å². The lowest BCUT2D eigenvalue weighted by Crippen LogP contribution is -2.48. The Labute approximate surface area is 139 Å². The number of urea groups is 1. The van der Waals surface area contributed by atoms with Crippen LogP contribution in [0, 0.1) is 5.92 Å². The molecule has 2 unspecified atom stereocenters. The number of nitrogens with two attached hydrogens (primary N) is 1. The summed E-state index contributed by atoms with van der Waals surface area (Å²) < 4.78 is 4.77. The van der Waals surface area contributed by atoms with Crippen molar-refractivity contribution in [1.82, 2.24) is 20.6 Å². The van der Waals surface area contributed by atoms with Crippen LogP contribution in [-0.4, -0.2) is 40.5 Å². The van der Waals surface area contributed by atoms with E-state index in [2.05, 4.69) is 27.5 Å². The summed E-state index contributed by atoms with van der Waals surface area (Å²) in [5.74, 6) is -1.33. The molecule has 1 aliphatic carbocycles. The molecule has 0 saturated heterocycles. The molecule has 130 valence electrons. The number of ether oxygens (including phenoxy) is 1. The second-order valence-corrected chi connectivity index (χ2v) is 5.76. The van der Waals surface area contributed by atoms with Crippen LogP contribution in [0.1, 0.15) is 43.1 Å². The summed E-state index contributed by atoms with van der Waals surface area (Å²) in [5, 5.41) is 4.91. The predicted octanol–water partition coefficient (Wildman–Crippen LogP) is 0.620. The zero-order valence-corrected chi connectivity index (χ0v) is 13.4. The number of nitrogen functional groups attached to an aromatic ring is 1. The van der Waals surface area contributed by atoms with E-state index in [0.29, 0.717) is 5.92 Å². The van der Waals surface area contributed by atoms with Gasteiger partial charge in [-0.15, -0.1) is 0 Å². The molecule has 24 heavy (non-hydrogen) atoms. The third kappa shape index (κ3) is 4.90. The average Bonchev–Trinajstić information content (AvgIpc) is 2.55. The van der Waals surface area contributed by atoms with Gasteiger partial charge in [0.2, 0.25) is 0 Å².